The Bertz CT molecular complexity index is 1100. The van der Waals surface area contributed by atoms with Crippen LogP contribution in [-0.4, -0.2) is 31.3 Å². The molecular weight excluding hydrogens is 438 g/mol. The molecule has 2 heterocycles. The second-order valence-electron chi connectivity index (χ2n) is 7.04. The quantitative estimate of drug-likeness (QED) is 0.570. The number of halogens is 1. The summed E-state index contributed by atoms with van der Waals surface area (Å²) in [4.78, 5) is 20.8. The second-order valence-corrected chi connectivity index (χ2v) is 7.95. The zero-order valence-electron chi connectivity index (χ0n) is 16.0. The minimum atomic E-state index is -0.676. The van der Waals surface area contributed by atoms with Crippen LogP contribution in [0, 0.1) is 11.3 Å². The van der Waals surface area contributed by atoms with Crippen LogP contribution in [0.1, 0.15) is 36.8 Å². The summed E-state index contributed by atoms with van der Waals surface area (Å²) in [6.45, 7) is 5.27. The van der Waals surface area contributed by atoms with E-state index in [1.54, 1.807) is 20.8 Å². The lowest BCUT2D eigenvalue weighted by Crippen LogP contribution is -2.24. The number of benzene rings is 1. The van der Waals surface area contributed by atoms with Crippen molar-refractivity contribution in [1.29, 1.82) is 5.26 Å². The number of nitriles is 1. The van der Waals surface area contributed by atoms with Crippen LogP contribution in [0.5, 0.6) is 0 Å². The van der Waals surface area contributed by atoms with Crippen molar-refractivity contribution in [1.82, 2.24) is 19.7 Å². The summed E-state index contributed by atoms with van der Waals surface area (Å²) < 4.78 is 7.45. The largest absolute Gasteiger partial charge is 0.456 e. The number of nitrogens with zero attached hydrogens (tertiary/aromatic N) is 5. The van der Waals surface area contributed by atoms with E-state index in [1.165, 1.54) is 16.9 Å². The lowest BCUT2D eigenvalue weighted by atomic mass is 10.2. The van der Waals surface area contributed by atoms with Gasteiger partial charge in [-0.05, 0) is 45.0 Å². The van der Waals surface area contributed by atoms with E-state index in [0.717, 1.165) is 10.2 Å². The van der Waals surface area contributed by atoms with Gasteiger partial charge in [0.05, 0.1) is 6.20 Å². The standard InChI is InChI=1S/C19H18BrN7O2/c1-19(2,3)29-17(28)14-10-23-27(16(14)22)18-25-13(9-21)8-15(26-18)24-12-6-4-11(20)5-7-12/h4-8,10H,22H2,1-3H3,(H,24,25,26). The van der Waals surface area contributed by atoms with Crippen LogP contribution in [0.3, 0.4) is 0 Å². The summed E-state index contributed by atoms with van der Waals surface area (Å²) in [5.74, 6) is -0.159. The average molecular weight is 456 g/mol. The summed E-state index contributed by atoms with van der Waals surface area (Å²) >= 11 is 3.38. The van der Waals surface area contributed by atoms with Crippen LogP contribution in [0.4, 0.5) is 17.3 Å². The first-order valence-electron chi connectivity index (χ1n) is 8.55. The molecule has 3 N–H and O–H groups in total. The van der Waals surface area contributed by atoms with Crippen molar-refractivity contribution in [2.24, 2.45) is 0 Å². The van der Waals surface area contributed by atoms with E-state index in [4.69, 9.17) is 10.5 Å². The minimum Gasteiger partial charge on any atom is -0.456 e. The molecule has 29 heavy (non-hydrogen) atoms. The third-order valence-electron chi connectivity index (χ3n) is 3.56. The van der Waals surface area contributed by atoms with Crippen molar-refractivity contribution in [3.63, 3.8) is 0 Å². The van der Waals surface area contributed by atoms with E-state index in [1.807, 2.05) is 30.3 Å². The highest BCUT2D eigenvalue weighted by Gasteiger charge is 2.24. The molecule has 0 saturated heterocycles. The number of carbonyl (C=O) groups is 1. The lowest BCUT2D eigenvalue weighted by Gasteiger charge is -2.19. The van der Waals surface area contributed by atoms with Crippen LogP contribution in [0.25, 0.3) is 5.95 Å². The molecular formula is C19H18BrN7O2. The van der Waals surface area contributed by atoms with Crippen molar-refractivity contribution >= 4 is 39.2 Å². The van der Waals surface area contributed by atoms with Crippen LogP contribution in [0.15, 0.2) is 41.0 Å². The molecule has 3 aromatic rings. The Hall–Kier alpha value is -3.45. The maximum absolute atomic E-state index is 12.3. The van der Waals surface area contributed by atoms with Crippen LogP contribution < -0.4 is 11.1 Å². The summed E-state index contributed by atoms with van der Waals surface area (Å²) in [5.41, 5.74) is 6.37. The molecule has 0 amide bonds. The molecule has 0 aliphatic rings. The van der Waals surface area contributed by atoms with E-state index in [-0.39, 0.29) is 23.0 Å². The van der Waals surface area contributed by atoms with Gasteiger partial charge in [-0.2, -0.15) is 25.0 Å². The van der Waals surface area contributed by atoms with Gasteiger partial charge in [0.1, 0.15) is 34.6 Å². The van der Waals surface area contributed by atoms with Gasteiger partial charge in [-0.25, -0.2) is 4.79 Å². The predicted octanol–water partition coefficient (Wildman–Crippen LogP) is 3.58. The summed E-state index contributed by atoms with van der Waals surface area (Å²) in [6, 6.07) is 10.9. The van der Waals surface area contributed by atoms with Gasteiger partial charge in [-0.3, -0.25) is 0 Å². The average Bonchev–Trinajstić information content (AvgIpc) is 3.03. The Balaban J connectivity index is 1.96. The number of carbonyl (C=O) groups excluding carboxylic acids is 1. The predicted molar refractivity (Wildman–Crippen MR) is 111 cm³/mol. The van der Waals surface area contributed by atoms with Crippen molar-refractivity contribution in [2.45, 2.75) is 26.4 Å². The molecule has 0 fully saturated rings. The number of nitrogen functional groups attached to an aromatic ring is 1. The van der Waals surface area contributed by atoms with Gasteiger partial charge in [0, 0.05) is 16.2 Å². The van der Waals surface area contributed by atoms with Crippen molar-refractivity contribution in [3.05, 3.63) is 52.3 Å². The fourth-order valence-corrected chi connectivity index (χ4v) is 2.60. The fraction of sp³-hybridized carbons (Fsp3) is 0.211. The van der Waals surface area contributed by atoms with Gasteiger partial charge in [0.25, 0.3) is 5.95 Å². The van der Waals surface area contributed by atoms with Crippen LogP contribution in [0.2, 0.25) is 0 Å². The molecule has 10 heteroatoms. The topological polar surface area (TPSA) is 132 Å². The van der Waals surface area contributed by atoms with E-state index < -0.39 is 11.6 Å². The zero-order chi connectivity index (χ0) is 21.2. The summed E-state index contributed by atoms with van der Waals surface area (Å²) in [7, 11) is 0. The van der Waals surface area contributed by atoms with Crippen LogP contribution >= 0.6 is 15.9 Å². The number of rotatable bonds is 4. The highest BCUT2D eigenvalue weighted by molar-refractivity contribution is 9.10. The van der Waals surface area contributed by atoms with Gasteiger partial charge < -0.3 is 15.8 Å². The summed E-state index contributed by atoms with van der Waals surface area (Å²) in [6.07, 6.45) is 1.29. The molecule has 0 spiro atoms. The highest BCUT2D eigenvalue weighted by atomic mass is 79.9. The Morgan fingerprint density at radius 2 is 1.97 bits per heavy atom. The number of hydrogen-bond donors (Lipinski definition) is 2. The van der Waals surface area contributed by atoms with Gasteiger partial charge in [-0.1, -0.05) is 15.9 Å². The molecule has 0 unspecified atom stereocenters. The van der Waals surface area contributed by atoms with Crippen molar-refractivity contribution in [2.75, 3.05) is 11.1 Å². The second kappa shape index (κ2) is 7.89. The molecule has 148 valence electrons. The van der Waals surface area contributed by atoms with Gasteiger partial charge in [0.15, 0.2) is 0 Å². The Morgan fingerprint density at radius 3 is 2.59 bits per heavy atom. The third-order valence-corrected chi connectivity index (χ3v) is 4.09. The monoisotopic (exact) mass is 455 g/mol. The molecule has 9 nitrogen and oxygen atoms in total. The number of ether oxygens (including phenoxy) is 1. The molecule has 0 atom stereocenters. The first-order chi connectivity index (χ1) is 13.7. The normalized spacial score (nSPS) is 11.0. The molecule has 0 saturated carbocycles. The number of nitrogens with one attached hydrogen (secondary N) is 1. The first-order valence-corrected chi connectivity index (χ1v) is 9.34. The fourth-order valence-electron chi connectivity index (χ4n) is 2.34. The molecule has 0 aliphatic carbocycles. The Morgan fingerprint density at radius 1 is 1.28 bits per heavy atom. The summed E-state index contributed by atoms with van der Waals surface area (Å²) in [5, 5.41) is 16.5. The first kappa shape index (κ1) is 20.3. The van der Waals surface area contributed by atoms with Crippen molar-refractivity contribution in [3.8, 4) is 12.0 Å². The molecule has 0 bridgehead atoms. The third kappa shape index (κ3) is 4.89. The minimum absolute atomic E-state index is 0.0175. The molecule has 3 rings (SSSR count). The number of esters is 1. The number of aromatic nitrogens is 4. The van der Waals surface area contributed by atoms with E-state index in [2.05, 4.69) is 36.3 Å². The molecule has 2 aromatic heterocycles. The van der Waals surface area contributed by atoms with Gasteiger partial charge in [-0.15, -0.1) is 0 Å². The van der Waals surface area contributed by atoms with E-state index >= 15 is 0 Å². The van der Waals surface area contributed by atoms with E-state index in [9.17, 15) is 10.1 Å². The Kier molecular flexibility index (Phi) is 5.52. The van der Waals surface area contributed by atoms with E-state index in [0.29, 0.717) is 5.82 Å². The maximum Gasteiger partial charge on any atom is 0.344 e. The van der Waals surface area contributed by atoms with Crippen molar-refractivity contribution < 1.29 is 9.53 Å². The lowest BCUT2D eigenvalue weighted by molar-refractivity contribution is 0.00708. The smallest absolute Gasteiger partial charge is 0.344 e. The molecule has 0 aliphatic heterocycles. The molecule has 0 radical (unpaired) electrons. The number of hydrogen-bond acceptors (Lipinski definition) is 8. The van der Waals surface area contributed by atoms with Crippen LogP contribution in [-0.2, 0) is 4.74 Å². The Labute approximate surface area is 175 Å². The van der Waals surface area contributed by atoms with Gasteiger partial charge in [0.2, 0.25) is 0 Å². The molecule has 1 aromatic carbocycles. The SMILES string of the molecule is CC(C)(C)OC(=O)c1cnn(-c2nc(C#N)cc(Nc3ccc(Br)cc3)n2)c1N. The highest BCUT2D eigenvalue weighted by Crippen LogP contribution is 2.22. The number of nitrogens with two attached hydrogens (primary N) is 1. The maximum atomic E-state index is 12.3. The zero-order valence-corrected chi connectivity index (χ0v) is 17.6. The van der Waals surface area contributed by atoms with Gasteiger partial charge >= 0.3 is 5.97 Å². The number of anilines is 3.